The largest absolute Gasteiger partial charge is 0.422 e. The Kier molecular flexibility index (Phi) is 3.93. The molecule has 0 amide bonds. The number of piperazine rings is 1. The standard InChI is InChI=1S/C21H22N4O2/c1-24-8-10-25(11-9-24)16-5-4-15-12-17(21(26)27-19(15)13-16)18-6-7-22-20(23-18)14-2-3-14/h4-7,12-14H,2-3,8-11H2,1H3. The monoisotopic (exact) mass is 362 g/mol. The van der Waals surface area contributed by atoms with E-state index in [1.165, 1.54) is 0 Å². The summed E-state index contributed by atoms with van der Waals surface area (Å²) >= 11 is 0. The van der Waals surface area contributed by atoms with E-state index in [2.05, 4.69) is 32.9 Å². The van der Waals surface area contributed by atoms with Crippen LogP contribution in [-0.4, -0.2) is 48.1 Å². The number of rotatable bonds is 3. The van der Waals surface area contributed by atoms with E-state index < -0.39 is 0 Å². The first-order valence-corrected chi connectivity index (χ1v) is 9.52. The van der Waals surface area contributed by atoms with E-state index in [1.807, 2.05) is 18.2 Å². The van der Waals surface area contributed by atoms with Crippen LogP contribution in [0.4, 0.5) is 5.69 Å². The first-order valence-electron chi connectivity index (χ1n) is 9.52. The second kappa shape index (κ2) is 6.46. The van der Waals surface area contributed by atoms with Gasteiger partial charge < -0.3 is 14.2 Å². The normalized spacial score (nSPS) is 18.2. The molecule has 27 heavy (non-hydrogen) atoms. The summed E-state index contributed by atoms with van der Waals surface area (Å²) in [5.41, 5.74) is 2.52. The van der Waals surface area contributed by atoms with Crippen molar-refractivity contribution in [3.8, 4) is 11.3 Å². The number of nitrogens with zero attached hydrogens (tertiary/aromatic N) is 4. The fraction of sp³-hybridized carbons (Fsp3) is 0.381. The summed E-state index contributed by atoms with van der Waals surface area (Å²) < 4.78 is 5.66. The number of hydrogen-bond acceptors (Lipinski definition) is 6. The van der Waals surface area contributed by atoms with Crippen molar-refractivity contribution < 1.29 is 4.42 Å². The quantitative estimate of drug-likeness (QED) is 0.668. The smallest absolute Gasteiger partial charge is 0.345 e. The van der Waals surface area contributed by atoms with Crippen molar-refractivity contribution >= 4 is 16.7 Å². The van der Waals surface area contributed by atoms with Crippen molar-refractivity contribution in [1.29, 1.82) is 0 Å². The summed E-state index contributed by atoms with van der Waals surface area (Å²) in [6.07, 6.45) is 3.99. The lowest BCUT2D eigenvalue weighted by atomic mass is 10.1. The minimum absolute atomic E-state index is 0.349. The van der Waals surface area contributed by atoms with Crippen LogP contribution in [0.3, 0.4) is 0 Å². The number of anilines is 1. The molecule has 2 fully saturated rings. The Morgan fingerprint density at radius 1 is 1.07 bits per heavy atom. The zero-order valence-corrected chi connectivity index (χ0v) is 15.4. The van der Waals surface area contributed by atoms with E-state index in [9.17, 15) is 4.79 Å². The van der Waals surface area contributed by atoms with Crippen LogP contribution in [0, 0.1) is 0 Å². The maximum absolute atomic E-state index is 12.6. The molecule has 0 N–H and O–H groups in total. The van der Waals surface area contributed by atoms with Crippen LogP contribution in [0.1, 0.15) is 24.6 Å². The van der Waals surface area contributed by atoms with Crippen LogP contribution in [0.5, 0.6) is 0 Å². The highest BCUT2D eigenvalue weighted by Gasteiger charge is 2.27. The van der Waals surface area contributed by atoms with Gasteiger partial charge in [0.2, 0.25) is 0 Å². The van der Waals surface area contributed by atoms with Gasteiger partial charge in [0.1, 0.15) is 11.4 Å². The van der Waals surface area contributed by atoms with E-state index >= 15 is 0 Å². The first kappa shape index (κ1) is 16.4. The maximum Gasteiger partial charge on any atom is 0.345 e. The molecule has 6 nitrogen and oxygen atoms in total. The van der Waals surface area contributed by atoms with Crippen molar-refractivity contribution in [2.75, 3.05) is 38.1 Å². The third kappa shape index (κ3) is 3.21. The Morgan fingerprint density at radius 3 is 2.67 bits per heavy atom. The molecule has 1 aromatic carbocycles. The average Bonchev–Trinajstić information content (AvgIpc) is 3.53. The van der Waals surface area contributed by atoms with E-state index in [4.69, 9.17) is 4.42 Å². The second-order valence-electron chi connectivity index (χ2n) is 7.53. The molecular formula is C21H22N4O2. The van der Waals surface area contributed by atoms with Crippen molar-refractivity contribution in [2.45, 2.75) is 18.8 Å². The zero-order valence-electron chi connectivity index (χ0n) is 15.4. The Morgan fingerprint density at radius 2 is 1.89 bits per heavy atom. The third-order valence-electron chi connectivity index (χ3n) is 5.48. The number of hydrogen-bond donors (Lipinski definition) is 0. The van der Waals surface area contributed by atoms with Crippen LogP contribution in [0.15, 0.2) is 45.7 Å². The van der Waals surface area contributed by atoms with Crippen molar-refractivity contribution in [1.82, 2.24) is 14.9 Å². The molecule has 138 valence electrons. The second-order valence-corrected chi connectivity index (χ2v) is 7.53. The van der Waals surface area contributed by atoms with Crippen LogP contribution < -0.4 is 10.5 Å². The van der Waals surface area contributed by atoms with E-state index in [0.717, 1.165) is 55.9 Å². The summed E-state index contributed by atoms with van der Waals surface area (Å²) in [5, 5.41) is 0.911. The molecule has 0 radical (unpaired) electrons. The lowest BCUT2D eigenvalue weighted by Gasteiger charge is -2.34. The summed E-state index contributed by atoms with van der Waals surface area (Å²) in [5.74, 6) is 1.28. The van der Waals surface area contributed by atoms with Gasteiger partial charge in [0.25, 0.3) is 0 Å². The maximum atomic E-state index is 12.6. The Balaban J connectivity index is 1.51. The lowest BCUT2D eigenvalue weighted by Crippen LogP contribution is -2.44. The number of benzene rings is 1. The van der Waals surface area contributed by atoms with Gasteiger partial charge in [-0.3, -0.25) is 0 Å². The molecule has 2 aliphatic rings. The van der Waals surface area contributed by atoms with Gasteiger partial charge in [-0.2, -0.15) is 0 Å². The van der Waals surface area contributed by atoms with Gasteiger partial charge in [0.15, 0.2) is 0 Å². The first-order chi connectivity index (χ1) is 13.2. The molecule has 1 saturated carbocycles. The fourth-order valence-electron chi connectivity index (χ4n) is 3.60. The highest BCUT2D eigenvalue weighted by Crippen LogP contribution is 2.38. The molecule has 0 bridgehead atoms. The van der Waals surface area contributed by atoms with Crippen molar-refractivity contribution in [3.63, 3.8) is 0 Å². The lowest BCUT2D eigenvalue weighted by molar-refractivity contribution is 0.313. The predicted octanol–water partition coefficient (Wildman–Crippen LogP) is 2.88. The molecular weight excluding hydrogens is 340 g/mol. The molecule has 5 rings (SSSR count). The third-order valence-corrected chi connectivity index (χ3v) is 5.48. The van der Waals surface area contributed by atoms with E-state index in [1.54, 1.807) is 12.3 Å². The number of fused-ring (bicyclic) bond motifs is 1. The van der Waals surface area contributed by atoms with Crippen LogP contribution in [0.25, 0.3) is 22.2 Å². The highest BCUT2D eigenvalue weighted by molar-refractivity contribution is 5.84. The average molecular weight is 362 g/mol. The Hall–Kier alpha value is -2.73. The summed E-state index contributed by atoms with van der Waals surface area (Å²) in [6, 6.07) is 9.77. The Bertz CT molecular complexity index is 1050. The SMILES string of the molecule is CN1CCN(c2ccc3cc(-c4ccnc(C5CC5)n4)c(=O)oc3c2)CC1. The molecule has 1 aliphatic carbocycles. The molecule has 3 aromatic rings. The molecule has 6 heteroatoms. The van der Waals surface area contributed by atoms with Crippen molar-refractivity contribution in [3.05, 3.63) is 52.8 Å². The van der Waals surface area contributed by atoms with Gasteiger partial charge in [-0.25, -0.2) is 14.8 Å². The van der Waals surface area contributed by atoms with Crippen LogP contribution in [0.2, 0.25) is 0 Å². The van der Waals surface area contributed by atoms with Crippen LogP contribution >= 0.6 is 0 Å². The molecule has 0 unspecified atom stereocenters. The van der Waals surface area contributed by atoms with Gasteiger partial charge in [0, 0.05) is 55.4 Å². The van der Waals surface area contributed by atoms with Crippen LogP contribution in [-0.2, 0) is 0 Å². The Labute approximate surface area is 157 Å². The molecule has 1 aliphatic heterocycles. The minimum atomic E-state index is -0.349. The van der Waals surface area contributed by atoms with Gasteiger partial charge in [0.05, 0.1) is 11.3 Å². The minimum Gasteiger partial charge on any atom is -0.422 e. The fourth-order valence-corrected chi connectivity index (χ4v) is 3.60. The van der Waals surface area contributed by atoms with Gasteiger partial charge in [-0.15, -0.1) is 0 Å². The summed E-state index contributed by atoms with van der Waals surface area (Å²) in [7, 11) is 2.14. The molecule has 0 spiro atoms. The summed E-state index contributed by atoms with van der Waals surface area (Å²) in [4.78, 5) is 26.2. The molecule has 0 atom stereocenters. The molecule has 2 aromatic heterocycles. The van der Waals surface area contributed by atoms with E-state index in [-0.39, 0.29) is 5.63 Å². The number of aromatic nitrogens is 2. The van der Waals surface area contributed by atoms with Gasteiger partial charge in [-0.05, 0) is 44.2 Å². The number of likely N-dealkylation sites (N-methyl/N-ethyl adjacent to an activating group) is 1. The summed E-state index contributed by atoms with van der Waals surface area (Å²) in [6.45, 7) is 4.04. The van der Waals surface area contributed by atoms with Crippen molar-refractivity contribution in [2.24, 2.45) is 0 Å². The molecule has 3 heterocycles. The highest BCUT2D eigenvalue weighted by atomic mass is 16.4. The van der Waals surface area contributed by atoms with Gasteiger partial charge in [-0.1, -0.05) is 0 Å². The topological polar surface area (TPSA) is 62.5 Å². The zero-order chi connectivity index (χ0) is 18.4. The predicted molar refractivity (Wildman–Crippen MR) is 105 cm³/mol. The van der Waals surface area contributed by atoms with E-state index in [0.29, 0.717) is 22.8 Å². The molecule has 1 saturated heterocycles. The van der Waals surface area contributed by atoms with Gasteiger partial charge >= 0.3 is 5.63 Å².